The van der Waals surface area contributed by atoms with Gasteiger partial charge in [-0.05, 0) is 71.2 Å². The van der Waals surface area contributed by atoms with E-state index in [4.69, 9.17) is 9.47 Å². The average molecular weight is 576 g/mol. The van der Waals surface area contributed by atoms with Crippen LogP contribution in [0.1, 0.15) is 23.2 Å². The van der Waals surface area contributed by atoms with Gasteiger partial charge in [0.2, 0.25) is 5.91 Å². The van der Waals surface area contributed by atoms with Gasteiger partial charge in [0.25, 0.3) is 0 Å². The first kappa shape index (κ1) is 22.6. The number of rotatable bonds is 9. The van der Waals surface area contributed by atoms with Crippen LogP contribution >= 0.6 is 47.8 Å². The second-order valence-electron chi connectivity index (χ2n) is 5.66. The second kappa shape index (κ2) is 11.4. The number of halogens is 3. The van der Waals surface area contributed by atoms with E-state index in [0.29, 0.717) is 41.1 Å². The van der Waals surface area contributed by atoms with E-state index in [-0.39, 0.29) is 5.91 Å². The highest BCUT2D eigenvalue weighted by Crippen LogP contribution is 2.34. The van der Waals surface area contributed by atoms with E-state index in [2.05, 4.69) is 59.7 Å². The lowest BCUT2D eigenvalue weighted by molar-refractivity contribution is -0.116. The van der Waals surface area contributed by atoms with Crippen molar-refractivity contribution in [3.8, 4) is 11.5 Å². The lowest BCUT2D eigenvalue weighted by Gasteiger charge is -2.14. The highest BCUT2D eigenvalue weighted by molar-refractivity contribution is 9.11. The lowest BCUT2D eigenvalue weighted by atomic mass is 10.2. The topological polar surface area (TPSA) is 64.6 Å². The summed E-state index contributed by atoms with van der Waals surface area (Å²) < 4.78 is 13.5. The van der Waals surface area contributed by atoms with Crippen LogP contribution in [-0.4, -0.2) is 25.0 Å². The third-order valence-electron chi connectivity index (χ3n) is 3.55. The number of carbonyl (C=O) groups excluding carboxylic acids is 2. The van der Waals surface area contributed by atoms with E-state index in [9.17, 15) is 9.59 Å². The number of hydrogen-bond donors (Lipinski definition) is 1. The number of benzene rings is 2. The van der Waals surface area contributed by atoms with Gasteiger partial charge < -0.3 is 14.8 Å². The van der Waals surface area contributed by atoms with Gasteiger partial charge in [-0.1, -0.05) is 38.4 Å². The van der Waals surface area contributed by atoms with E-state index in [1.807, 2.05) is 0 Å². The second-order valence-corrected chi connectivity index (χ2v) is 8.34. The van der Waals surface area contributed by atoms with Crippen molar-refractivity contribution in [1.82, 2.24) is 5.32 Å². The smallest absolute Gasteiger partial charge is 0.347 e. The van der Waals surface area contributed by atoms with Gasteiger partial charge >= 0.3 is 5.97 Å². The van der Waals surface area contributed by atoms with Crippen molar-refractivity contribution < 1.29 is 19.1 Å². The Labute approximate surface area is 188 Å². The van der Waals surface area contributed by atoms with Crippen LogP contribution in [0.15, 0.2) is 62.5 Å². The normalized spacial score (nSPS) is 10.2. The number of carbonyl (C=O) groups is 2. The van der Waals surface area contributed by atoms with Crippen molar-refractivity contribution in [3.63, 3.8) is 0 Å². The average Bonchev–Trinajstić information content (AvgIpc) is 2.66. The molecule has 0 radical (unpaired) electrons. The predicted octanol–water partition coefficient (Wildman–Crippen LogP) is 5.65. The quantitative estimate of drug-likeness (QED) is 0.182. The minimum Gasteiger partial charge on any atom is -0.491 e. The zero-order chi connectivity index (χ0) is 20.5. The third kappa shape index (κ3) is 7.07. The van der Waals surface area contributed by atoms with Gasteiger partial charge in [-0.25, -0.2) is 4.79 Å². The number of esters is 1. The number of nitrogens with one attached hydrogen (secondary N) is 1. The molecule has 0 fully saturated rings. The summed E-state index contributed by atoms with van der Waals surface area (Å²) in [6, 6.07) is 10.5. The van der Waals surface area contributed by atoms with Crippen LogP contribution < -0.4 is 14.8 Å². The number of unbranched alkanes of at least 4 members (excludes halogenated alkanes) is 1. The summed E-state index contributed by atoms with van der Waals surface area (Å²) in [5.74, 6) is 0.140. The summed E-state index contributed by atoms with van der Waals surface area (Å²) in [7, 11) is 0. The molecule has 1 amide bonds. The number of hydrogen-bond acceptors (Lipinski definition) is 4. The molecule has 5 nitrogen and oxygen atoms in total. The predicted molar refractivity (Wildman–Crippen MR) is 119 cm³/mol. The fraction of sp³-hybridized carbons (Fsp3) is 0.200. The zero-order valence-electron chi connectivity index (χ0n) is 14.8. The molecule has 2 rings (SSSR count). The summed E-state index contributed by atoms with van der Waals surface area (Å²) in [6.07, 6.45) is 2.69. The molecule has 2 aromatic rings. The van der Waals surface area contributed by atoms with Crippen molar-refractivity contribution in [1.29, 1.82) is 0 Å². The summed E-state index contributed by atoms with van der Waals surface area (Å²) in [6.45, 7) is 4.33. The Balaban J connectivity index is 2.01. The Kier molecular flexibility index (Phi) is 9.21. The maximum absolute atomic E-state index is 12.7. The van der Waals surface area contributed by atoms with Gasteiger partial charge in [-0.15, -0.1) is 0 Å². The SMILES string of the molecule is C=CC(=O)NCCCCOc1c(Br)cc(Br)cc1C(=O)Oc1ccc(Br)cc1. The van der Waals surface area contributed by atoms with Crippen LogP contribution in [-0.2, 0) is 4.79 Å². The van der Waals surface area contributed by atoms with Crippen molar-refractivity contribution in [2.75, 3.05) is 13.2 Å². The van der Waals surface area contributed by atoms with Crippen LogP contribution in [0.2, 0.25) is 0 Å². The largest absolute Gasteiger partial charge is 0.491 e. The molecular weight excluding hydrogens is 558 g/mol. The molecule has 2 aromatic carbocycles. The van der Waals surface area contributed by atoms with E-state index in [0.717, 1.165) is 15.4 Å². The van der Waals surface area contributed by atoms with Crippen molar-refractivity contribution >= 4 is 59.7 Å². The van der Waals surface area contributed by atoms with Crippen LogP contribution in [0.5, 0.6) is 11.5 Å². The van der Waals surface area contributed by atoms with E-state index in [1.165, 1.54) is 6.08 Å². The van der Waals surface area contributed by atoms with Gasteiger partial charge in [0.05, 0.1) is 11.1 Å². The Hall–Kier alpha value is -1.64. The first-order chi connectivity index (χ1) is 13.4. The minimum atomic E-state index is -0.516. The van der Waals surface area contributed by atoms with Crippen molar-refractivity contribution in [2.45, 2.75) is 12.8 Å². The highest BCUT2D eigenvalue weighted by Gasteiger charge is 2.19. The van der Waals surface area contributed by atoms with Gasteiger partial charge in [0.15, 0.2) is 0 Å². The van der Waals surface area contributed by atoms with Crippen molar-refractivity contribution in [2.24, 2.45) is 0 Å². The van der Waals surface area contributed by atoms with Crippen LogP contribution in [0, 0.1) is 0 Å². The van der Waals surface area contributed by atoms with Gasteiger partial charge in [-0.2, -0.15) is 0 Å². The molecule has 148 valence electrons. The first-order valence-electron chi connectivity index (χ1n) is 8.40. The van der Waals surface area contributed by atoms with Gasteiger partial charge in [-0.3, -0.25) is 4.79 Å². The lowest BCUT2D eigenvalue weighted by Crippen LogP contribution is -2.22. The molecule has 0 spiro atoms. The monoisotopic (exact) mass is 573 g/mol. The molecule has 0 aromatic heterocycles. The first-order valence-corrected chi connectivity index (χ1v) is 10.8. The van der Waals surface area contributed by atoms with Crippen LogP contribution in [0.4, 0.5) is 0 Å². The molecule has 8 heteroatoms. The Bertz CT molecular complexity index is 853. The molecule has 0 saturated carbocycles. The Morgan fingerprint density at radius 3 is 2.43 bits per heavy atom. The van der Waals surface area contributed by atoms with E-state index < -0.39 is 5.97 Å². The molecule has 0 heterocycles. The minimum absolute atomic E-state index is 0.199. The molecule has 0 unspecified atom stereocenters. The fourth-order valence-electron chi connectivity index (χ4n) is 2.21. The molecule has 0 atom stereocenters. The summed E-state index contributed by atoms with van der Waals surface area (Å²) in [5, 5.41) is 2.71. The maximum Gasteiger partial charge on any atom is 0.347 e. The third-order valence-corrected chi connectivity index (χ3v) is 5.13. The van der Waals surface area contributed by atoms with Gasteiger partial charge in [0.1, 0.15) is 17.1 Å². The highest BCUT2D eigenvalue weighted by atomic mass is 79.9. The van der Waals surface area contributed by atoms with Crippen LogP contribution in [0.25, 0.3) is 0 Å². The molecule has 0 bridgehead atoms. The Morgan fingerprint density at radius 2 is 1.75 bits per heavy atom. The van der Waals surface area contributed by atoms with E-state index >= 15 is 0 Å². The molecule has 0 saturated heterocycles. The molecule has 0 aliphatic heterocycles. The number of amides is 1. The fourth-order valence-corrected chi connectivity index (χ4v) is 3.81. The summed E-state index contributed by atoms with van der Waals surface area (Å²) >= 11 is 10.2. The zero-order valence-corrected chi connectivity index (χ0v) is 19.6. The molecule has 0 aliphatic carbocycles. The summed E-state index contributed by atoms with van der Waals surface area (Å²) in [4.78, 5) is 23.8. The standard InChI is InChI=1S/C20H18Br3NO4/c1-2-18(25)24-9-3-4-10-27-19-16(11-14(22)12-17(19)23)20(26)28-15-7-5-13(21)6-8-15/h2,5-8,11-12H,1,3-4,9-10H2,(H,24,25). The molecule has 0 aliphatic rings. The molecular formula is C20H18Br3NO4. The molecule has 1 N–H and O–H groups in total. The Morgan fingerprint density at radius 1 is 1.04 bits per heavy atom. The number of ether oxygens (including phenoxy) is 2. The maximum atomic E-state index is 12.7. The molecule has 28 heavy (non-hydrogen) atoms. The van der Waals surface area contributed by atoms with Crippen molar-refractivity contribution in [3.05, 3.63) is 68.0 Å². The van der Waals surface area contributed by atoms with Gasteiger partial charge in [0, 0.05) is 15.5 Å². The van der Waals surface area contributed by atoms with E-state index in [1.54, 1.807) is 36.4 Å². The van der Waals surface area contributed by atoms with Crippen LogP contribution in [0.3, 0.4) is 0 Å². The summed E-state index contributed by atoms with van der Waals surface area (Å²) in [5.41, 5.74) is 0.309.